The summed E-state index contributed by atoms with van der Waals surface area (Å²) in [6.07, 6.45) is 0.447. The van der Waals surface area contributed by atoms with E-state index in [0.717, 1.165) is 6.42 Å². The van der Waals surface area contributed by atoms with Crippen LogP contribution in [0.25, 0.3) is 0 Å². The van der Waals surface area contributed by atoms with Crippen molar-refractivity contribution in [3.63, 3.8) is 0 Å². The maximum Gasteiger partial charge on any atom is 0.256 e. The van der Waals surface area contributed by atoms with Gasteiger partial charge in [-0.25, -0.2) is 0 Å². The van der Waals surface area contributed by atoms with Crippen LogP contribution in [-0.2, 0) is 9.53 Å². The molecule has 2 saturated heterocycles. The number of phenolic OH excluding ortho intramolecular Hbond substituents is 1. The van der Waals surface area contributed by atoms with Gasteiger partial charge in [0, 0.05) is 6.42 Å². The monoisotopic (exact) mass is 205 g/mol. The second kappa shape index (κ2) is 2.97. The van der Waals surface area contributed by atoms with Gasteiger partial charge in [0.2, 0.25) is 0 Å². The van der Waals surface area contributed by atoms with Crippen LogP contribution < -0.4 is 4.90 Å². The highest BCUT2D eigenvalue weighted by Gasteiger charge is 2.47. The SMILES string of the molecule is O=C1C2CC(CO2)N1c1ccccc1O. The zero-order valence-electron chi connectivity index (χ0n) is 8.09. The van der Waals surface area contributed by atoms with E-state index in [2.05, 4.69) is 0 Å². The van der Waals surface area contributed by atoms with Crippen molar-refractivity contribution < 1.29 is 14.6 Å². The summed E-state index contributed by atoms with van der Waals surface area (Å²) in [5.74, 6) is 0.117. The lowest BCUT2D eigenvalue weighted by atomic mass is 10.2. The normalized spacial score (nSPS) is 28.8. The Morgan fingerprint density at radius 3 is 2.87 bits per heavy atom. The summed E-state index contributed by atoms with van der Waals surface area (Å²) in [5.41, 5.74) is 0.596. The molecular weight excluding hydrogens is 194 g/mol. The summed E-state index contributed by atoms with van der Waals surface area (Å²) in [4.78, 5) is 13.5. The highest BCUT2D eigenvalue weighted by atomic mass is 16.5. The molecule has 4 nitrogen and oxygen atoms in total. The number of aromatic hydroxyl groups is 1. The van der Waals surface area contributed by atoms with E-state index in [4.69, 9.17) is 4.74 Å². The number of fused-ring (bicyclic) bond motifs is 2. The molecule has 1 aromatic rings. The molecular formula is C11H11NO3. The fraction of sp³-hybridized carbons (Fsp3) is 0.364. The number of carbonyl (C=O) groups excluding carboxylic acids is 1. The first-order valence-electron chi connectivity index (χ1n) is 5.00. The maximum absolute atomic E-state index is 11.8. The molecule has 1 N–H and O–H groups in total. The molecule has 0 spiro atoms. The first-order valence-corrected chi connectivity index (χ1v) is 5.00. The third-order valence-electron chi connectivity index (χ3n) is 3.00. The molecule has 0 aliphatic carbocycles. The molecule has 0 saturated carbocycles. The van der Waals surface area contributed by atoms with Crippen molar-refractivity contribution in [3.8, 4) is 5.75 Å². The minimum atomic E-state index is -0.297. The van der Waals surface area contributed by atoms with Crippen LogP contribution in [0.4, 0.5) is 5.69 Å². The van der Waals surface area contributed by atoms with Gasteiger partial charge in [-0.05, 0) is 12.1 Å². The van der Waals surface area contributed by atoms with E-state index in [1.165, 1.54) is 0 Å². The van der Waals surface area contributed by atoms with Crippen LogP contribution in [0.2, 0.25) is 0 Å². The number of para-hydroxylation sites is 2. The van der Waals surface area contributed by atoms with Crippen LogP contribution in [0.5, 0.6) is 5.75 Å². The zero-order chi connectivity index (χ0) is 10.4. The van der Waals surface area contributed by atoms with E-state index in [1.807, 2.05) is 6.07 Å². The Morgan fingerprint density at radius 1 is 1.40 bits per heavy atom. The fourth-order valence-corrected chi connectivity index (χ4v) is 2.28. The summed E-state index contributed by atoms with van der Waals surface area (Å²) in [5, 5.41) is 9.68. The van der Waals surface area contributed by atoms with Crippen molar-refractivity contribution in [1.29, 1.82) is 0 Å². The molecule has 1 aromatic carbocycles. The predicted octanol–water partition coefficient (Wildman–Crippen LogP) is 0.896. The van der Waals surface area contributed by atoms with Crippen LogP contribution in [0.3, 0.4) is 0 Å². The van der Waals surface area contributed by atoms with Gasteiger partial charge < -0.3 is 14.7 Å². The quantitative estimate of drug-likeness (QED) is 0.741. The van der Waals surface area contributed by atoms with Crippen molar-refractivity contribution in [2.24, 2.45) is 0 Å². The Kier molecular flexibility index (Phi) is 1.73. The Hall–Kier alpha value is -1.55. The molecule has 2 fully saturated rings. The van der Waals surface area contributed by atoms with Crippen molar-refractivity contribution in [2.75, 3.05) is 11.5 Å². The second-order valence-electron chi connectivity index (χ2n) is 3.91. The van der Waals surface area contributed by atoms with Crippen molar-refractivity contribution in [1.82, 2.24) is 0 Å². The van der Waals surface area contributed by atoms with E-state index in [9.17, 15) is 9.90 Å². The first kappa shape index (κ1) is 8.73. The topological polar surface area (TPSA) is 49.8 Å². The molecule has 78 valence electrons. The molecule has 0 radical (unpaired) electrons. The number of morpholine rings is 1. The van der Waals surface area contributed by atoms with Gasteiger partial charge in [0.05, 0.1) is 18.3 Å². The van der Waals surface area contributed by atoms with Crippen molar-refractivity contribution in [3.05, 3.63) is 24.3 Å². The third kappa shape index (κ3) is 1.15. The maximum atomic E-state index is 11.8. The van der Waals surface area contributed by atoms with Gasteiger partial charge in [0.1, 0.15) is 11.9 Å². The van der Waals surface area contributed by atoms with Gasteiger partial charge >= 0.3 is 0 Å². The van der Waals surface area contributed by atoms with Crippen LogP contribution in [0, 0.1) is 0 Å². The van der Waals surface area contributed by atoms with E-state index in [1.54, 1.807) is 23.1 Å². The summed E-state index contributed by atoms with van der Waals surface area (Å²) < 4.78 is 5.28. The average molecular weight is 205 g/mol. The average Bonchev–Trinajstić information content (AvgIpc) is 2.80. The van der Waals surface area contributed by atoms with Gasteiger partial charge in [-0.1, -0.05) is 12.1 Å². The fourth-order valence-electron chi connectivity index (χ4n) is 2.28. The number of amides is 1. The Labute approximate surface area is 87.1 Å². The summed E-state index contributed by atoms with van der Waals surface area (Å²) in [7, 11) is 0. The molecule has 2 aliphatic rings. The number of carbonyl (C=O) groups is 1. The second-order valence-corrected chi connectivity index (χ2v) is 3.91. The minimum absolute atomic E-state index is 0.0345. The van der Waals surface area contributed by atoms with E-state index < -0.39 is 0 Å². The van der Waals surface area contributed by atoms with Crippen LogP contribution >= 0.6 is 0 Å². The molecule has 0 aromatic heterocycles. The Morgan fingerprint density at radius 2 is 2.20 bits per heavy atom. The highest BCUT2D eigenvalue weighted by Crippen LogP contribution is 2.37. The Bertz CT molecular complexity index is 418. The van der Waals surface area contributed by atoms with Gasteiger partial charge in [-0.3, -0.25) is 4.79 Å². The number of benzene rings is 1. The lowest BCUT2D eigenvalue weighted by Gasteiger charge is -2.27. The molecule has 4 heteroatoms. The zero-order valence-corrected chi connectivity index (χ0v) is 8.09. The van der Waals surface area contributed by atoms with E-state index in [-0.39, 0.29) is 23.8 Å². The van der Waals surface area contributed by atoms with Crippen molar-refractivity contribution >= 4 is 11.6 Å². The molecule has 1 amide bonds. The molecule has 2 bridgehead atoms. The van der Waals surface area contributed by atoms with Crippen LogP contribution in [0.15, 0.2) is 24.3 Å². The lowest BCUT2D eigenvalue weighted by molar-refractivity contribution is -0.128. The lowest BCUT2D eigenvalue weighted by Crippen LogP contribution is -2.41. The minimum Gasteiger partial charge on any atom is -0.506 e. The molecule has 2 heterocycles. The molecule has 2 atom stereocenters. The number of rotatable bonds is 1. The Balaban J connectivity index is 2.02. The number of ether oxygens (including phenoxy) is 1. The summed E-state index contributed by atoms with van der Waals surface area (Å²) >= 11 is 0. The van der Waals surface area contributed by atoms with Crippen LogP contribution in [-0.4, -0.2) is 29.8 Å². The van der Waals surface area contributed by atoms with Gasteiger partial charge in [0.25, 0.3) is 5.91 Å². The number of hydrogen-bond acceptors (Lipinski definition) is 3. The molecule has 3 rings (SSSR count). The molecule has 2 aliphatic heterocycles. The number of phenols is 1. The molecule has 15 heavy (non-hydrogen) atoms. The highest BCUT2D eigenvalue weighted by molar-refractivity contribution is 6.01. The smallest absolute Gasteiger partial charge is 0.256 e. The van der Waals surface area contributed by atoms with Gasteiger partial charge in [-0.15, -0.1) is 0 Å². The van der Waals surface area contributed by atoms with E-state index in [0.29, 0.717) is 12.3 Å². The van der Waals surface area contributed by atoms with Gasteiger partial charge in [-0.2, -0.15) is 0 Å². The molecule has 2 unspecified atom stereocenters. The third-order valence-corrected chi connectivity index (χ3v) is 3.00. The number of anilines is 1. The number of nitrogens with zero attached hydrogens (tertiary/aromatic N) is 1. The van der Waals surface area contributed by atoms with Gasteiger partial charge in [0.15, 0.2) is 0 Å². The van der Waals surface area contributed by atoms with Crippen molar-refractivity contribution in [2.45, 2.75) is 18.6 Å². The standard InChI is InChI=1S/C11H11NO3/c13-9-4-2-1-3-8(9)12-7-5-10(11(12)14)15-6-7/h1-4,7,10,13H,5-6H2. The first-order chi connectivity index (χ1) is 7.27. The predicted molar refractivity (Wildman–Crippen MR) is 53.7 cm³/mol. The summed E-state index contributed by atoms with van der Waals surface area (Å²) in [6, 6.07) is 7.00. The number of hydrogen-bond donors (Lipinski definition) is 1. The summed E-state index contributed by atoms with van der Waals surface area (Å²) in [6.45, 7) is 0.574. The van der Waals surface area contributed by atoms with E-state index >= 15 is 0 Å². The largest absolute Gasteiger partial charge is 0.506 e. The van der Waals surface area contributed by atoms with Crippen LogP contribution in [0.1, 0.15) is 6.42 Å².